The number of nitrogens with one attached hydrogen (secondary N) is 1. The van der Waals surface area contributed by atoms with Crippen LogP contribution in [0.15, 0.2) is 28.7 Å². The van der Waals surface area contributed by atoms with Crippen molar-refractivity contribution in [2.24, 2.45) is 0 Å². The SMILES string of the molecule is CCCNC(CCN(C)CCC)c1ccccc1Br. The normalized spacial score (nSPS) is 12.9. The molecule has 2 nitrogen and oxygen atoms in total. The molecule has 108 valence electrons. The average Bonchev–Trinajstić information content (AvgIpc) is 2.40. The van der Waals surface area contributed by atoms with Gasteiger partial charge in [0, 0.05) is 10.5 Å². The molecular formula is C16H27BrN2. The Morgan fingerprint density at radius 3 is 2.53 bits per heavy atom. The number of nitrogens with zero attached hydrogens (tertiary/aromatic N) is 1. The summed E-state index contributed by atoms with van der Waals surface area (Å²) in [5.41, 5.74) is 1.38. The van der Waals surface area contributed by atoms with Gasteiger partial charge in [-0.05, 0) is 57.6 Å². The lowest BCUT2D eigenvalue weighted by Gasteiger charge is -2.23. The van der Waals surface area contributed by atoms with Crippen LogP contribution in [-0.2, 0) is 0 Å². The van der Waals surface area contributed by atoms with Crippen LogP contribution in [-0.4, -0.2) is 31.6 Å². The molecule has 0 bridgehead atoms. The number of halogens is 1. The van der Waals surface area contributed by atoms with Gasteiger partial charge >= 0.3 is 0 Å². The van der Waals surface area contributed by atoms with E-state index >= 15 is 0 Å². The predicted octanol–water partition coefficient (Wildman–Crippen LogP) is 4.22. The highest BCUT2D eigenvalue weighted by molar-refractivity contribution is 9.10. The zero-order valence-corrected chi connectivity index (χ0v) is 14.0. The molecule has 1 unspecified atom stereocenters. The minimum Gasteiger partial charge on any atom is -0.310 e. The van der Waals surface area contributed by atoms with E-state index in [2.05, 4.69) is 71.3 Å². The molecule has 1 rings (SSSR count). The van der Waals surface area contributed by atoms with Crippen molar-refractivity contribution in [1.29, 1.82) is 0 Å². The summed E-state index contributed by atoms with van der Waals surface area (Å²) in [5, 5.41) is 3.67. The van der Waals surface area contributed by atoms with E-state index in [1.165, 1.54) is 29.4 Å². The fourth-order valence-corrected chi connectivity index (χ4v) is 2.85. The standard InChI is InChI=1S/C16H27BrN2/c1-4-11-18-16(10-13-19(3)12-5-2)14-8-6-7-9-15(14)17/h6-9,16,18H,4-5,10-13H2,1-3H3. The summed E-state index contributed by atoms with van der Waals surface area (Å²) in [7, 11) is 2.21. The van der Waals surface area contributed by atoms with Gasteiger partial charge in [-0.1, -0.05) is 48.0 Å². The third-order valence-electron chi connectivity index (χ3n) is 3.33. The van der Waals surface area contributed by atoms with Crippen LogP contribution in [0.2, 0.25) is 0 Å². The minimum absolute atomic E-state index is 0.440. The molecule has 0 heterocycles. The zero-order chi connectivity index (χ0) is 14.1. The van der Waals surface area contributed by atoms with Gasteiger partial charge in [-0.3, -0.25) is 0 Å². The van der Waals surface area contributed by atoms with E-state index < -0.39 is 0 Å². The number of rotatable bonds is 9. The first-order valence-corrected chi connectivity index (χ1v) is 8.14. The maximum Gasteiger partial charge on any atom is 0.0343 e. The first-order valence-electron chi connectivity index (χ1n) is 7.35. The van der Waals surface area contributed by atoms with E-state index in [4.69, 9.17) is 0 Å². The molecule has 0 amide bonds. The molecule has 1 aromatic carbocycles. The Labute approximate surface area is 126 Å². The van der Waals surface area contributed by atoms with E-state index in [1.54, 1.807) is 0 Å². The molecule has 0 aliphatic heterocycles. The van der Waals surface area contributed by atoms with E-state index in [-0.39, 0.29) is 0 Å². The quantitative estimate of drug-likeness (QED) is 0.730. The van der Waals surface area contributed by atoms with Crippen molar-refractivity contribution in [3.63, 3.8) is 0 Å². The zero-order valence-electron chi connectivity index (χ0n) is 12.5. The smallest absolute Gasteiger partial charge is 0.0343 e. The maximum atomic E-state index is 3.67. The van der Waals surface area contributed by atoms with Crippen LogP contribution >= 0.6 is 15.9 Å². The van der Waals surface area contributed by atoms with Crippen LogP contribution in [0, 0.1) is 0 Å². The summed E-state index contributed by atoms with van der Waals surface area (Å²) in [4.78, 5) is 2.41. The summed E-state index contributed by atoms with van der Waals surface area (Å²) in [6, 6.07) is 8.99. The number of benzene rings is 1. The molecule has 0 saturated carbocycles. The lowest BCUT2D eigenvalue weighted by atomic mass is 10.0. The van der Waals surface area contributed by atoms with Crippen LogP contribution in [0.5, 0.6) is 0 Å². The molecule has 0 aliphatic rings. The van der Waals surface area contributed by atoms with Gasteiger partial charge in [-0.25, -0.2) is 0 Å². The fourth-order valence-electron chi connectivity index (χ4n) is 2.29. The van der Waals surface area contributed by atoms with Crippen molar-refractivity contribution in [2.75, 3.05) is 26.7 Å². The van der Waals surface area contributed by atoms with Crippen molar-refractivity contribution in [3.8, 4) is 0 Å². The van der Waals surface area contributed by atoms with Gasteiger partial charge in [0.2, 0.25) is 0 Å². The molecular weight excluding hydrogens is 300 g/mol. The molecule has 1 atom stereocenters. The van der Waals surface area contributed by atoms with Crippen molar-refractivity contribution in [2.45, 2.75) is 39.2 Å². The summed E-state index contributed by atoms with van der Waals surface area (Å²) in [5.74, 6) is 0. The second-order valence-corrected chi connectivity index (χ2v) is 5.97. The fraction of sp³-hybridized carbons (Fsp3) is 0.625. The molecule has 1 aromatic rings. The largest absolute Gasteiger partial charge is 0.310 e. The summed E-state index contributed by atoms with van der Waals surface area (Å²) < 4.78 is 1.21. The van der Waals surface area contributed by atoms with Crippen LogP contribution in [0.25, 0.3) is 0 Å². The summed E-state index contributed by atoms with van der Waals surface area (Å²) in [6.45, 7) is 7.83. The first-order chi connectivity index (χ1) is 9.19. The van der Waals surface area contributed by atoms with E-state index in [1.807, 2.05) is 0 Å². The number of hydrogen-bond donors (Lipinski definition) is 1. The van der Waals surface area contributed by atoms with Crippen LogP contribution in [0.3, 0.4) is 0 Å². The Kier molecular flexibility index (Phi) is 8.35. The molecule has 1 N–H and O–H groups in total. The Morgan fingerprint density at radius 1 is 1.16 bits per heavy atom. The molecule has 0 fully saturated rings. The van der Waals surface area contributed by atoms with Gasteiger partial charge in [0.1, 0.15) is 0 Å². The van der Waals surface area contributed by atoms with Crippen molar-refractivity contribution >= 4 is 15.9 Å². The van der Waals surface area contributed by atoms with Gasteiger partial charge in [-0.15, -0.1) is 0 Å². The second-order valence-electron chi connectivity index (χ2n) is 5.12. The highest BCUT2D eigenvalue weighted by atomic mass is 79.9. The Morgan fingerprint density at radius 2 is 1.89 bits per heavy atom. The van der Waals surface area contributed by atoms with E-state index in [0.717, 1.165) is 19.5 Å². The Balaban J connectivity index is 2.64. The molecule has 0 aromatic heterocycles. The monoisotopic (exact) mass is 326 g/mol. The van der Waals surface area contributed by atoms with E-state index in [0.29, 0.717) is 6.04 Å². The third kappa shape index (κ3) is 6.07. The van der Waals surface area contributed by atoms with Gasteiger partial charge in [-0.2, -0.15) is 0 Å². The Hall–Kier alpha value is -0.380. The van der Waals surface area contributed by atoms with Gasteiger partial charge < -0.3 is 10.2 Å². The highest BCUT2D eigenvalue weighted by Gasteiger charge is 2.13. The highest BCUT2D eigenvalue weighted by Crippen LogP contribution is 2.25. The Bertz CT molecular complexity index is 354. The maximum absolute atomic E-state index is 3.67. The van der Waals surface area contributed by atoms with Crippen molar-refractivity contribution in [3.05, 3.63) is 34.3 Å². The van der Waals surface area contributed by atoms with Crippen LogP contribution in [0.4, 0.5) is 0 Å². The van der Waals surface area contributed by atoms with Crippen LogP contribution in [0.1, 0.15) is 44.7 Å². The minimum atomic E-state index is 0.440. The predicted molar refractivity (Wildman–Crippen MR) is 87.6 cm³/mol. The molecule has 0 spiro atoms. The lowest BCUT2D eigenvalue weighted by Crippen LogP contribution is -2.28. The van der Waals surface area contributed by atoms with Crippen LogP contribution < -0.4 is 5.32 Å². The van der Waals surface area contributed by atoms with Gasteiger partial charge in [0.15, 0.2) is 0 Å². The molecule has 3 heteroatoms. The number of hydrogen-bond acceptors (Lipinski definition) is 2. The van der Waals surface area contributed by atoms with E-state index in [9.17, 15) is 0 Å². The first kappa shape index (κ1) is 16.7. The van der Waals surface area contributed by atoms with Gasteiger partial charge in [0.25, 0.3) is 0 Å². The second kappa shape index (κ2) is 9.51. The summed E-state index contributed by atoms with van der Waals surface area (Å²) >= 11 is 3.67. The summed E-state index contributed by atoms with van der Waals surface area (Å²) in [6.07, 6.45) is 3.55. The van der Waals surface area contributed by atoms with Crippen molar-refractivity contribution < 1.29 is 0 Å². The van der Waals surface area contributed by atoms with Gasteiger partial charge in [0.05, 0.1) is 0 Å². The average molecular weight is 327 g/mol. The molecule has 0 saturated heterocycles. The molecule has 0 radical (unpaired) electrons. The lowest BCUT2D eigenvalue weighted by molar-refractivity contribution is 0.307. The molecule has 19 heavy (non-hydrogen) atoms. The third-order valence-corrected chi connectivity index (χ3v) is 4.05. The van der Waals surface area contributed by atoms with Crippen molar-refractivity contribution in [1.82, 2.24) is 10.2 Å². The molecule has 0 aliphatic carbocycles. The topological polar surface area (TPSA) is 15.3 Å².